The third-order valence-corrected chi connectivity index (χ3v) is 4.18. The fraction of sp³-hybridized carbons (Fsp3) is 0.286. The molecule has 1 aliphatic rings. The molecule has 1 aromatic heterocycles. The number of thioether (sulfide) groups is 1. The third-order valence-electron chi connectivity index (χ3n) is 3.18. The van der Waals surface area contributed by atoms with Gasteiger partial charge in [0.2, 0.25) is 5.88 Å². The topological polar surface area (TPSA) is 75.2 Å². The number of rotatable bonds is 2. The maximum atomic E-state index is 13.8. The van der Waals surface area contributed by atoms with Gasteiger partial charge in [0.15, 0.2) is 0 Å². The molecule has 1 atom stereocenters. The zero-order chi connectivity index (χ0) is 14.8. The van der Waals surface area contributed by atoms with Crippen molar-refractivity contribution in [2.45, 2.75) is 6.10 Å². The number of aromatic nitrogens is 2. The summed E-state index contributed by atoms with van der Waals surface area (Å²) in [6.45, 7) is 0.564. The first-order chi connectivity index (χ1) is 10.2. The van der Waals surface area contributed by atoms with Crippen LogP contribution in [0.5, 0.6) is 5.88 Å². The van der Waals surface area contributed by atoms with E-state index in [9.17, 15) is 14.3 Å². The van der Waals surface area contributed by atoms with E-state index < -0.39 is 17.3 Å². The molecule has 2 aromatic rings. The van der Waals surface area contributed by atoms with Crippen LogP contribution in [0.15, 0.2) is 29.1 Å². The fourth-order valence-corrected chi connectivity index (χ4v) is 3.03. The summed E-state index contributed by atoms with van der Waals surface area (Å²) in [5.74, 6) is 0.738. The van der Waals surface area contributed by atoms with Crippen molar-refractivity contribution in [3.63, 3.8) is 0 Å². The number of H-pyrrole nitrogens is 1. The lowest BCUT2D eigenvalue weighted by Crippen LogP contribution is -2.22. The Morgan fingerprint density at radius 2 is 2.24 bits per heavy atom. The van der Waals surface area contributed by atoms with Crippen molar-refractivity contribution in [3.05, 3.63) is 46.3 Å². The van der Waals surface area contributed by atoms with Gasteiger partial charge < -0.3 is 14.8 Å². The maximum Gasteiger partial charge on any atom is 0.262 e. The molecular weight excluding hydrogens is 295 g/mol. The first-order valence-corrected chi connectivity index (χ1v) is 7.59. The van der Waals surface area contributed by atoms with Crippen molar-refractivity contribution in [1.29, 1.82) is 0 Å². The highest BCUT2D eigenvalue weighted by molar-refractivity contribution is 7.99. The normalized spacial score (nSPS) is 18.6. The summed E-state index contributed by atoms with van der Waals surface area (Å²) in [6.07, 6.45) is -0.364. The van der Waals surface area contributed by atoms with Crippen LogP contribution in [0, 0.1) is 5.82 Å². The highest BCUT2D eigenvalue weighted by Gasteiger charge is 2.22. The Morgan fingerprint density at radius 3 is 2.90 bits per heavy atom. The second kappa shape index (κ2) is 5.87. The average molecular weight is 308 g/mol. The van der Waals surface area contributed by atoms with Crippen LogP contribution in [0.1, 0.15) is 11.9 Å². The summed E-state index contributed by atoms with van der Waals surface area (Å²) < 4.78 is 19.3. The molecule has 3 rings (SSSR count). The van der Waals surface area contributed by atoms with Gasteiger partial charge in [-0.2, -0.15) is 16.7 Å². The van der Waals surface area contributed by atoms with Gasteiger partial charge in [-0.05, 0) is 6.07 Å². The molecule has 2 N–H and O–H groups in total. The van der Waals surface area contributed by atoms with Crippen LogP contribution in [0.2, 0.25) is 0 Å². The Hall–Kier alpha value is -1.86. The van der Waals surface area contributed by atoms with E-state index in [2.05, 4.69) is 9.97 Å². The number of hydrogen-bond acceptors (Lipinski definition) is 5. The molecule has 5 nitrogen and oxygen atoms in total. The zero-order valence-electron chi connectivity index (χ0n) is 11.0. The van der Waals surface area contributed by atoms with Gasteiger partial charge in [0.25, 0.3) is 5.56 Å². The Balaban J connectivity index is 2.05. The van der Waals surface area contributed by atoms with Crippen LogP contribution >= 0.6 is 11.8 Å². The second-order valence-electron chi connectivity index (χ2n) is 4.56. The SMILES string of the molecule is O=c1[nH]c(C2CSCCO2)nc(O)c1-c1ccccc1F. The molecule has 1 fully saturated rings. The lowest BCUT2D eigenvalue weighted by atomic mass is 10.1. The van der Waals surface area contributed by atoms with Gasteiger partial charge in [-0.1, -0.05) is 18.2 Å². The quantitative estimate of drug-likeness (QED) is 0.888. The van der Waals surface area contributed by atoms with Crippen LogP contribution in [0.25, 0.3) is 11.1 Å². The van der Waals surface area contributed by atoms with E-state index in [4.69, 9.17) is 4.74 Å². The summed E-state index contributed by atoms with van der Waals surface area (Å²) >= 11 is 1.68. The van der Waals surface area contributed by atoms with Gasteiger partial charge >= 0.3 is 0 Å². The average Bonchev–Trinajstić information content (AvgIpc) is 2.49. The summed E-state index contributed by atoms with van der Waals surface area (Å²) in [5, 5.41) is 10.0. The minimum absolute atomic E-state index is 0.0224. The van der Waals surface area contributed by atoms with Crippen molar-refractivity contribution < 1.29 is 14.2 Å². The third kappa shape index (κ3) is 2.79. The lowest BCUT2D eigenvalue weighted by molar-refractivity contribution is 0.0688. The minimum atomic E-state index is -0.586. The molecule has 1 aliphatic heterocycles. The van der Waals surface area contributed by atoms with Crippen molar-refractivity contribution in [2.24, 2.45) is 0 Å². The molecule has 7 heteroatoms. The minimum Gasteiger partial charge on any atom is -0.493 e. The molecule has 0 saturated carbocycles. The number of ether oxygens (including phenoxy) is 1. The Bertz CT molecular complexity index is 714. The molecule has 110 valence electrons. The lowest BCUT2D eigenvalue weighted by Gasteiger charge is -2.21. The van der Waals surface area contributed by atoms with Crippen molar-refractivity contribution in [3.8, 4) is 17.0 Å². The molecule has 0 aliphatic carbocycles. The van der Waals surface area contributed by atoms with Crippen LogP contribution in [-0.4, -0.2) is 33.2 Å². The highest BCUT2D eigenvalue weighted by Crippen LogP contribution is 2.29. The number of nitrogens with zero attached hydrogens (tertiary/aromatic N) is 1. The van der Waals surface area contributed by atoms with Crippen LogP contribution in [0.4, 0.5) is 4.39 Å². The summed E-state index contributed by atoms with van der Waals surface area (Å²) in [7, 11) is 0. The summed E-state index contributed by atoms with van der Waals surface area (Å²) in [4.78, 5) is 18.7. The molecular formula is C14H13FN2O3S. The molecule has 0 spiro atoms. The number of aromatic hydroxyl groups is 1. The maximum absolute atomic E-state index is 13.8. The molecule has 2 heterocycles. The van der Waals surface area contributed by atoms with Crippen molar-refractivity contribution >= 4 is 11.8 Å². The molecule has 0 radical (unpaired) electrons. The van der Waals surface area contributed by atoms with Gasteiger partial charge in [0, 0.05) is 17.1 Å². The number of halogens is 1. The van der Waals surface area contributed by atoms with Gasteiger partial charge in [-0.3, -0.25) is 4.79 Å². The van der Waals surface area contributed by atoms with Gasteiger partial charge in [-0.25, -0.2) is 4.39 Å². The van der Waals surface area contributed by atoms with Crippen LogP contribution < -0.4 is 5.56 Å². The Morgan fingerprint density at radius 1 is 1.43 bits per heavy atom. The molecule has 21 heavy (non-hydrogen) atoms. The number of benzene rings is 1. The highest BCUT2D eigenvalue weighted by atomic mass is 32.2. The molecule has 1 saturated heterocycles. The van der Waals surface area contributed by atoms with E-state index in [1.807, 2.05) is 0 Å². The van der Waals surface area contributed by atoms with Crippen molar-refractivity contribution in [2.75, 3.05) is 18.1 Å². The number of aromatic amines is 1. The Labute approximate surface area is 124 Å². The number of nitrogens with one attached hydrogen (secondary N) is 1. The van der Waals surface area contributed by atoms with Crippen LogP contribution in [-0.2, 0) is 4.74 Å². The standard InChI is InChI=1S/C14H13FN2O3S/c15-9-4-2-1-3-8(9)11-13(18)16-12(17-14(11)19)10-7-21-6-5-20-10/h1-4,10H,5-7H2,(H2,16,17,18,19). The van der Waals surface area contributed by atoms with Crippen molar-refractivity contribution in [1.82, 2.24) is 9.97 Å². The fourth-order valence-electron chi connectivity index (χ4n) is 2.18. The van der Waals surface area contributed by atoms with E-state index in [1.165, 1.54) is 18.2 Å². The monoisotopic (exact) mass is 308 g/mol. The van der Waals surface area contributed by atoms with E-state index in [0.29, 0.717) is 12.4 Å². The van der Waals surface area contributed by atoms with E-state index in [-0.39, 0.29) is 23.1 Å². The summed E-state index contributed by atoms with van der Waals surface area (Å²) in [5.41, 5.74) is -0.726. The predicted molar refractivity (Wildman–Crippen MR) is 77.9 cm³/mol. The number of hydrogen-bond donors (Lipinski definition) is 2. The van der Waals surface area contributed by atoms with Gasteiger partial charge in [-0.15, -0.1) is 0 Å². The largest absolute Gasteiger partial charge is 0.493 e. The Kier molecular flexibility index (Phi) is 3.94. The van der Waals surface area contributed by atoms with Gasteiger partial charge in [0.1, 0.15) is 23.3 Å². The van der Waals surface area contributed by atoms with E-state index >= 15 is 0 Å². The smallest absolute Gasteiger partial charge is 0.262 e. The predicted octanol–water partition coefficient (Wildman–Crippen LogP) is 2.09. The van der Waals surface area contributed by atoms with E-state index in [1.54, 1.807) is 17.8 Å². The van der Waals surface area contributed by atoms with Crippen LogP contribution in [0.3, 0.4) is 0 Å². The molecule has 0 amide bonds. The van der Waals surface area contributed by atoms with Gasteiger partial charge in [0.05, 0.1) is 6.61 Å². The first kappa shape index (κ1) is 14.1. The zero-order valence-corrected chi connectivity index (χ0v) is 11.8. The second-order valence-corrected chi connectivity index (χ2v) is 5.71. The molecule has 1 aromatic carbocycles. The summed E-state index contributed by atoms with van der Waals surface area (Å²) in [6, 6.07) is 5.75. The van der Waals surface area contributed by atoms with E-state index in [0.717, 1.165) is 5.75 Å². The first-order valence-electron chi connectivity index (χ1n) is 6.44. The molecule has 1 unspecified atom stereocenters. The molecule has 0 bridgehead atoms.